The molecule has 7 nitrogen and oxygen atoms in total. The first kappa shape index (κ1) is 20.7. The minimum Gasteiger partial charge on any atom is -0.325 e. The van der Waals surface area contributed by atoms with Gasteiger partial charge in [-0.3, -0.25) is 9.20 Å². The average molecular weight is 390 g/mol. The fourth-order valence-electron chi connectivity index (χ4n) is 2.73. The third kappa shape index (κ3) is 4.56. The van der Waals surface area contributed by atoms with Gasteiger partial charge < -0.3 is 11.1 Å². The van der Waals surface area contributed by atoms with Crippen molar-refractivity contribution < 1.29 is 4.79 Å². The van der Waals surface area contributed by atoms with Gasteiger partial charge in [0.05, 0.1) is 12.6 Å². The van der Waals surface area contributed by atoms with E-state index in [1.165, 1.54) is 9.08 Å². The van der Waals surface area contributed by atoms with E-state index in [2.05, 4.69) is 10.4 Å². The van der Waals surface area contributed by atoms with Crippen LogP contribution in [0.25, 0.3) is 5.65 Å². The Kier molecular flexibility index (Phi) is 6.76. The van der Waals surface area contributed by atoms with Crippen molar-refractivity contribution in [2.24, 2.45) is 11.7 Å². The molecule has 2 atom stereocenters. The van der Waals surface area contributed by atoms with Gasteiger partial charge in [-0.25, -0.2) is 9.48 Å². The molecular formula is C19H24ClN5O2. The molecule has 27 heavy (non-hydrogen) atoms. The van der Waals surface area contributed by atoms with E-state index in [1.807, 2.05) is 38.1 Å². The number of carbonyl (C=O) groups is 1. The van der Waals surface area contributed by atoms with Crippen molar-refractivity contribution in [2.45, 2.75) is 32.9 Å². The molecule has 0 aliphatic heterocycles. The Morgan fingerprint density at radius 3 is 2.74 bits per heavy atom. The summed E-state index contributed by atoms with van der Waals surface area (Å²) in [5, 5.41) is 7.17. The molecule has 0 radical (unpaired) electrons. The van der Waals surface area contributed by atoms with Crippen LogP contribution in [0.5, 0.6) is 0 Å². The Balaban J connectivity index is 0.00000261. The Labute approximate surface area is 163 Å². The van der Waals surface area contributed by atoms with Crippen LogP contribution in [0, 0.1) is 5.92 Å². The molecule has 2 unspecified atom stereocenters. The molecule has 0 aliphatic rings. The summed E-state index contributed by atoms with van der Waals surface area (Å²) in [4.78, 5) is 24.6. The molecule has 0 saturated heterocycles. The van der Waals surface area contributed by atoms with Gasteiger partial charge >= 0.3 is 5.69 Å². The van der Waals surface area contributed by atoms with Crippen LogP contribution in [0.3, 0.4) is 0 Å². The van der Waals surface area contributed by atoms with Crippen LogP contribution in [0.2, 0.25) is 0 Å². The lowest BCUT2D eigenvalue weighted by Crippen LogP contribution is -2.40. The highest BCUT2D eigenvalue weighted by molar-refractivity contribution is 5.94. The molecule has 0 aliphatic carbocycles. The van der Waals surface area contributed by atoms with Gasteiger partial charge in [-0.1, -0.05) is 38.5 Å². The van der Waals surface area contributed by atoms with E-state index in [1.54, 1.807) is 24.4 Å². The number of nitrogens with two attached hydrogens (primary N) is 1. The van der Waals surface area contributed by atoms with Crippen LogP contribution in [0.15, 0.2) is 53.5 Å². The van der Waals surface area contributed by atoms with Gasteiger partial charge in [0.2, 0.25) is 5.91 Å². The standard InChI is InChI=1S/C19H23N5O2.ClH/c1-3-13(2)17(20)18(25)21-15-8-6-7-14(11-15)12-24-19(26)23-10-5-4-9-16(23)22-24;/h4-11,13,17H,3,12,20H2,1-2H3,(H,21,25);1H. The highest BCUT2D eigenvalue weighted by Gasteiger charge is 2.19. The topological polar surface area (TPSA) is 94.4 Å². The number of halogens is 1. The van der Waals surface area contributed by atoms with E-state index in [0.717, 1.165) is 12.0 Å². The predicted octanol–water partition coefficient (Wildman–Crippen LogP) is 2.28. The third-order valence-corrected chi connectivity index (χ3v) is 4.58. The van der Waals surface area contributed by atoms with Crippen molar-refractivity contribution in [1.29, 1.82) is 0 Å². The Morgan fingerprint density at radius 1 is 1.26 bits per heavy atom. The third-order valence-electron chi connectivity index (χ3n) is 4.58. The number of carbonyl (C=O) groups excluding carboxylic acids is 1. The lowest BCUT2D eigenvalue weighted by Gasteiger charge is -2.18. The SMILES string of the molecule is CCC(C)C(N)C(=O)Nc1cccc(Cn2nc3ccccn3c2=O)c1.Cl. The quantitative estimate of drug-likeness (QED) is 0.676. The van der Waals surface area contributed by atoms with Crippen molar-refractivity contribution in [3.63, 3.8) is 0 Å². The first-order chi connectivity index (χ1) is 12.5. The van der Waals surface area contributed by atoms with Crippen LogP contribution in [-0.4, -0.2) is 26.1 Å². The molecule has 0 fully saturated rings. The maximum Gasteiger partial charge on any atom is 0.350 e. The molecule has 3 aromatic rings. The van der Waals surface area contributed by atoms with Gasteiger partial charge in [0.1, 0.15) is 0 Å². The number of pyridine rings is 1. The molecule has 0 spiro atoms. The summed E-state index contributed by atoms with van der Waals surface area (Å²) in [6, 6.07) is 12.2. The Hall–Kier alpha value is -2.64. The summed E-state index contributed by atoms with van der Waals surface area (Å²) < 4.78 is 2.90. The monoisotopic (exact) mass is 389 g/mol. The molecule has 2 heterocycles. The second-order valence-corrected chi connectivity index (χ2v) is 6.47. The number of benzene rings is 1. The molecule has 0 saturated carbocycles. The van der Waals surface area contributed by atoms with E-state index >= 15 is 0 Å². The number of anilines is 1. The van der Waals surface area contributed by atoms with Crippen LogP contribution in [0.1, 0.15) is 25.8 Å². The summed E-state index contributed by atoms with van der Waals surface area (Å²) in [5.74, 6) is -0.101. The molecule has 1 amide bonds. The van der Waals surface area contributed by atoms with Gasteiger partial charge in [0, 0.05) is 11.9 Å². The first-order valence-corrected chi connectivity index (χ1v) is 8.69. The highest BCUT2D eigenvalue weighted by atomic mass is 35.5. The minimum absolute atomic E-state index is 0. The van der Waals surface area contributed by atoms with Gasteiger partial charge in [-0.05, 0) is 35.7 Å². The second kappa shape index (κ2) is 8.83. The zero-order valence-corrected chi connectivity index (χ0v) is 16.1. The molecule has 2 aromatic heterocycles. The van der Waals surface area contributed by atoms with E-state index in [4.69, 9.17) is 5.73 Å². The van der Waals surface area contributed by atoms with E-state index in [-0.39, 0.29) is 29.9 Å². The van der Waals surface area contributed by atoms with E-state index in [0.29, 0.717) is 17.9 Å². The largest absolute Gasteiger partial charge is 0.350 e. The van der Waals surface area contributed by atoms with E-state index in [9.17, 15) is 9.59 Å². The summed E-state index contributed by atoms with van der Waals surface area (Å²) in [6.07, 6.45) is 2.53. The smallest absolute Gasteiger partial charge is 0.325 e. The average Bonchev–Trinajstić information content (AvgIpc) is 2.96. The summed E-state index contributed by atoms with van der Waals surface area (Å²) >= 11 is 0. The summed E-state index contributed by atoms with van der Waals surface area (Å²) in [5.41, 5.74) is 7.89. The zero-order chi connectivity index (χ0) is 18.7. The number of amides is 1. The molecular weight excluding hydrogens is 366 g/mol. The highest BCUT2D eigenvalue weighted by Crippen LogP contribution is 2.14. The maximum atomic E-state index is 12.4. The zero-order valence-electron chi connectivity index (χ0n) is 15.3. The van der Waals surface area contributed by atoms with Crippen molar-refractivity contribution >= 4 is 29.6 Å². The van der Waals surface area contributed by atoms with Gasteiger partial charge in [-0.15, -0.1) is 17.5 Å². The van der Waals surface area contributed by atoms with Crippen LogP contribution >= 0.6 is 12.4 Å². The van der Waals surface area contributed by atoms with Crippen molar-refractivity contribution in [3.8, 4) is 0 Å². The summed E-state index contributed by atoms with van der Waals surface area (Å²) in [6.45, 7) is 4.28. The number of fused-ring (bicyclic) bond motifs is 1. The lowest BCUT2D eigenvalue weighted by atomic mass is 9.99. The number of aromatic nitrogens is 3. The van der Waals surface area contributed by atoms with Crippen molar-refractivity contribution in [1.82, 2.24) is 14.2 Å². The Morgan fingerprint density at radius 2 is 2.04 bits per heavy atom. The number of nitrogens with zero attached hydrogens (tertiary/aromatic N) is 3. The first-order valence-electron chi connectivity index (χ1n) is 8.69. The van der Waals surface area contributed by atoms with Crippen LogP contribution < -0.4 is 16.7 Å². The lowest BCUT2D eigenvalue weighted by molar-refractivity contribution is -0.118. The number of hydrogen-bond donors (Lipinski definition) is 2. The van der Waals surface area contributed by atoms with Gasteiger partial charge in [-0.2, -0.15) is 0 Å². The molecule has 3 N–H and O–H groups in total. The number of hydrogen-bond acceptors (Lipinski definition) is 4. The fourth-order valence-corrected chi connectivity index (χ4v) is 2.73. The molecule has 144 valence electrons. The molecule has 0 bridgehead atoms. The van der Waals surface area contributed by atoms with Crippen LogP contribution in [0.4, 0.5) is 5.69 Å². The normalized spacial score (nSPS) is 13.0. The molecule has 1 aromatic carbocycles. The summed E-state index contributed by atoms with van der Waals surface area (Å²) in [7, 11) is 0. The predicted molar refractivity (Wildman–Crippen MR) is 108 cm³/mol. The van der Waals surface area contributed by atoms with Crippen molar-refractivity contribution in [2.75, 3.05) is 5.32 Å². The van der Waals surface area contributed by atoms with Crippen molar-refractivity contribution in [3.05, 3.63) is 64.7 Å². The van der Waals surface area contributed by atoms with Gasteiger partial charge in [0.15, 0.2) is 5.65 Å². The second-order valence-electron chi connectivity index (χ2n) is 6.47. The number of rotatable bonds is 6. The Bertz CT molecular complexity index is 981. The maximum absolute atomic E-state index is 12.4. The minimum atomic E-state index is -0.551. The van der Waals surface area contributed by atoms with E-state index < -0.39 is 6.04 Å². The van der Waals surface area contributed by atoms with Crippen LogP contribution in [-0.2, 0) is 11.3 Å². The fraction of sp³-hybridized carbons (Fsp3) is 0.316. The molecule has 3 rings (SSSR count). The molecule has 8 heteroatoms. The van der Waals surface area contributed by atoms with Gasteiger partial charge in [0.25, 0.3) is 0 Å². The number of nitrogens with one attached hydrogen (secondary N) is 1.